The van der Waals surface area contributed by atoms with Crippen LogP contribution < -0.4 is 0 Å². The highest BCUT2D eigenvalue weighted by molar-refractivity contribution is 6.35. The van der Waals surface area contributed by atoms with Crippen LogP contribution in [0.3, 0.4) is 0 Å². The zero-order chi connectivity index (χ0) is 22.4. The highest BCUT2D eigenvalue weighted by Crippen LogP contribution is 2.22. The fourth-order valence-electron chi connectivity index (χ4n) is 4.03. The number of imidazole rings is 1. The van der Waals surface area contributed by atoms with Gasteiger partial charge in [-0.15, -0.1) is 10.2 Å². The molecule has 0 aliphatic carbocycles. The number of nitrogens with zero attached hydrogens (tertiary/aromatic N) is 8. The smallest absolute Gasteiger partial charge is 0.225 e. The third-order valence-electron chi connectivity index (χ3n) is 5.80. The van der Waals surface area contributed by atoms with Crippen molar-refractivity contribution in [2.45, 2.75) is 103 Å². The average molecular weight is 481 g/mol. The molecule has 0 spiro atoms. The van der Waals surface area contributed by atoms with Crippen LogP contribution in [0.5, 0.6) is 0 Å². The summed E-state index contributed by atoms with van der Waals surface area (Å²) >= 11 is 12.0. The second-order valence-electron chi connectivity index (χ2n) is 8.38. The molecule has 8 nitrogen and oxygen atoms in total. The van der Waals surface area contributed by atoms with Crippen molar-refractivity contribution in [1.29, 1.82) is 0 Å². The first-order valence-electron chi connectivity index (χ1n) is 12.0. The molecule has 0 aromatic carbocycles. The number of tetrazole rings is 1. The molecule has 0 aliphatic rings. The van der Waals surface area contributed by atoms with Crippen molar-refractivity contribution in [2.75, 3.05) is 0 Å². The third kappa shape index (κ3) is 8.62. The molecular weight excluding hydrogens is 447 g/mol. The monoisotopic (exact) mass is 480 g/mol. The van der Waals surface area contributed by atoms with Crippen LogP contribution in [-0.4, -0.2) is 39.7 Å². The Morgan fingerprint density at radius 1 is 0.688 bits per heavy atom. The second-order valence-corrected chi connectivity index (χ2v) is 9.07. The van der Waals surface area contributed by atoms with Gasteiger partial charge in [-0.3, -0.25) is 0 Å². The van der Waals surface area contributed by atoms with Crippen molar-refractivity contribution in [3.05, 3.63) is 23.1 Å². The van der Waals surface area contributed by atoms with E-state index in [1.165, 1.54) is 83.4 Å². The number of halogens is 2. The molecule has 0 bridgehead atoms. The normalized spacial score (nSPS) is 11.6. The number of aryl methyl sites for hydroxylation is 2. The number of aromatic nitrogens is 8. The lowest BCUT2D eigenvalue weighted by molar-refractivity contribution is 0.470. The maximum Gasteiger partial charge on any atom is 0.225 e. The van der Waals surface area contributed by atoms with E-state index in [-0.39, 0.29) is 5.28 Å². The van der Waals surface area contributed by atoms with Crippen LogP contribution >= 0.6 is 23.2 Å². The number of hydrogen-bond acceptors (Lipinski definition) is 6. The molecule has 176 valence electrons. The summed E-state index contributed by atoms with van der Waals surface area (Å²) in [5.41, 5.74) is 1.34. The molecule has 0 unspecified atom stereocenters. The third-order valence-corrected chi connectivity index (χ3v) is 6.23. The van der Waals surface area contributed by atoms with Gasteiger partial charge in [0.05, 0.1) is 12.9 Å². The summed E-state index contributed by atoms with van der Waals surface area (Å²) in [6, 6.07) is 0. The van der Waals surface area contributed by atoms with E-state index >= 15 is 0 Å². The molecule has 0 saturated carbocycles. The number of rotatable bonds is 17. The van der Waals surface area contributed by atoms with Gasteiger partial charge >= 0.3 is 0 Å². The van der Waals surface area contributed by atoms with Gasteiger partial charge in [-0.05, 0) is 29.7 Å². The maximum absolute atomic E-state index is 6.19. The van der Waals surface area contributed by atoms with E-state index in [1.807, 2.05) is 4.57 Å². The Morgan fingerprint density at radius 2 is 1.25 bits per heavy atom. The zero-order valence-electron chi connectivity index (χ0n) is 18.8. The Morgan fingerprint density at radius 3 is 1.81 bits per heavy atom. The Labute approximate surface area is 200 Å². The van der Waals surface area contributed by atoms with E-state index in [4.69, 9.17) is 23.2 Å². The van der Waals surface area contributed by atoms with Crippen LogP contribution in [0.2, 0.25) is 10.4 Å². The van der Waals surface area contributed by atoms with Crippen molar-refractivity contribution in [3.63, 3.8) is 0 Å². The number of hydrogen-bond donors (Lipinski definition) is 0. The summed E-state index contributed by atoms with van der Waals surface area (Å²) in [6.07, 6.45) is 21.5. The molecule has 0 fully saturated rings. The van der Waals surface area contributed by atoms with E-state index in [2.05, 4.69) is 30.4 Å². The fourth-order valence-corrected chi connectivity index (χ4v) is 4.51. The van der Waals surface area contributed by atoms with Crippen LogP contribution in [-0.2, 0) is 13.1 Å². The zero-order valence-corrected chi connectivity index (χ0v) is 20.3. The average Bonchev–Trinajstić information content (AvgIpc) is 3.43. The van der Waals surface area contributed by atoms with Crippen molar-refractivity contribution in [3.8, 4) is 0 Å². The molecule has 0 N–H and O–H groups in total. The van der Waals surface area contributed by atoms with Crippen molar-refractivity contribution in [2.24, 2.45) is 0 Å². The van der Waals surface area contributed by atoms with Gasteiger partial charge < -0.3 is 4.57 Å². The molecule has 0 aliphatic heterocycles. The van der Waals surface area contributed by atoms with Gasteiger partial charge in [0.1, 0.15) is 5.52 Å². The molecule has 3 aromatic rings. The Kier molecular flexibility index (Phi) is 11.2. The van der Waals surface area contributed by atoms with E-state index in [0.717, 1.165) is 31.4 Å². The lowest BCUT2D eigenvalue weighted by Gasteiger charge is -2.06. The van der Waals surface area contributed by atoms with Crippen LogP contribution in [0.4, 0.5) is 0 Å². The van der Waals surface area contributed by atoms with Gasteiger partial charge in [-0.1, -0.05) is 88.7 Å². The molecule has 3 rings (SSSR count). The first kappa shape index (κ1) is 24.8. The van der Waals surface area contributed by atoms with Gasteiger partial charge in [0.15, 0.2) is 17.1 Å². The molecule has 10 heteroatoms. The fraction of sp³-hybridized carbons (Fsp3) is 0.727. The predicted octanol–water partition coefficient (Wildman–Crippen LogP) is 6.28. The summed E-state index contributed by atoms with van der Waals surface area (Å²) in [5, 5.41) is 12.1. The van der Waals surface area contributed by atoms with E-state index in [0.29, 0.717) is 10.8 Å². The SMILES string of the molecule is Clc1nc(Cl)c2c(ncn2CCCCCCCCCCCCCCCCn2ncnn2)n1. The standard InChI is InChI=1S/C22H34Cl2N8/c23-20-19-21(29-22(24)28-20)25-18-31(19)15-13-11-9-7-5-3-1-2-4-6-8-10-12-14-16-32-27-17-26-30-32/h17-18H,1-16H2. The minimum atomic E-state index is 0.140. The summed E-state index contributed by atoms with van der Waals surface area (Å²) in [7, 11) is 0. The lowest BCUT2D eigenvalue weighted by Crippen LogP contribution is -2.02. The lowest BCUT2D eigenvalue weighted by atomic mass is 10.0. The minimum absolute atomic E-state index is 0.140. The second kappa shape index (κ2) is 14.4. The van der Waals surface area contributed by atoms with Crippen LogP contribution in [0.1, 0.15) is 89.9 Å². The molecular formula is C22H34Cl2N8. The highest BCUT2D eigenvalue weighted by atomic mass is 35.5. The molecule has 32 heavy (non-hydrogen) atoms. The van der Waals surface area contributed by atoms with Crippen LogP contribution in [0, 0.1) is 0 Å². The molecule has 0 saturated heterocycles. The van der Waals surface area contributed by atoms with E-state index in [9.17, 15) is 0 Å². The Hall–Kier alpha value is -1.80. The molecule has 3 aromatic heterocycles. The van der Waals surface area contributed by atoms with Crippen LogP contribution in [0.25, 0.3) is 11.2 Å². The minimum Gasteiger partial charge on any atom is -0.327 e. The molecule has 0 atom stereocenters. The first-order valence-corrected chi connectivity index (χ1v) is 12.7. The predicted molar refractivity (Wildman–Crippen MR) is 128 cm³/mol. The highest BCUT2D eigenvalue weighted by Gasteiger charge is 2.10. The van der Waals surface area contributed by atoms with E-state index < -0.39 is 0 Å². The van der Waals surface area contributed by atoms with Gasteiger partial charge in [-0.2, -0.15) is 9.78 Å². The summed E-state index contributed by atoms with van der Waals surface area (Å²) in [4.78, 5) is 14.1. The maximum atomic E-state index is 6.19. The largest absolute Gasteiger partial charge is 0.327 e. The van der Waals surface area contributed by atoms with Crippen molar-refractivity contribution < 1.29 is 0 Å². The molecule has 3 heterocycles. The van der Waals surface area contributed by atoms with Gasteiger partial charge in [0, 0.05) is 6.54 Å². The quantitative estimate of drug-likeness (QED) is 0.128. The Bertz CT molecular complexity index is 897. The van der Waals surface area contributed by atoms with E-state index in [1.54, 1.807) is 11.1 Å². The first-order chi connectivity index (χ1) is 15.7. The van der Waals surface area contributed by atoms with Crippen molar-refractivity contribution >= 4 is 34.4 Å². The van der Waals surface area contributed by atoms with Crippen LogP contribution in [0.15, 0.2) is 12.7 Å². The van der Waals surface area contributed by atoms with Gasteiger partial charge in [0.2, 0.25) is 5.28 Å². The van der Waals surface area contributed by atoms with Gasteiger partial charge in [0.25, 0.3) is 0 Å². The Balaban J connectivity index is 1.09. The van der Waals surface area contributed by atoms with Gasteiger partial charge in [-0.25, -0.2) is 9.97 Å². The summed E-state index contributed by atoms with van der Waals surface area (Å²) in [6.45, 7) is 1.78. The number of fused-ring (bicyclic) bond motifs is 1. The summed E-state index contributed by atoms with van der Waals surface area (Å²) < 4.78 is 2.03. The van der Waals surface area contributed by atoms with Crippen molar-refractivity contribution in [1.82, 2.24) is 39.7 Å². The topological polar surface area (TPSA) is 87.2 Å². The molecule has 0 radical (unpaired) electrons. The summed E-state index contributed by atoms with van der Waals surface area (Å²) in [5.74, 6) is 0. The molecule has 0 amide bonds. The number of unbranched alkanes of at least 4 members (excludes halogenated alkanes) is 13.